The first-order valence-corrected chi connectivity index (χ1v) is 6.11. The molecule has 1 aliphatic rings. The first-order valence-electron chi connectivity index (χ1n) is 6.11. The van der Waals surface area contributed by atoms with Crippen molar-refractivity contribution in [2.75, 3.05) is 13.7 Å². The predicted octanol–water partition coefficient (Wildman–Crippen LogP) is -0.104. The maximum atomic E-state index is 12.4. The minimum Gasteiger partial charge on any atom is -0.478 e. The van der Waals surface area contributed by atoms with Gasteiger partial charge in [0.2, 0.25) is 0 Å². The molecule has 1 saturated heterocycles. The molecule has 1 atom stereocenters. The molecule has 108 valence electrons. The molecule has 1 amide bonds. The van der Waals surface area contributed by atoms with Crippen molar-refractivity contribution in [3.8, 4) is 0 Å². The molecule has 20 heavy (non-hydrogen) atoms. The summed E-state index contributed by atoms with van der Waals surface area (Å²) in [6, 6.07) is -0.670. The molecule has 1 fully saturated rings. The van der Waals surface area contributed by atoms with E-state index < -0.39 is 23.9 Å². The third-order valence-corrected chi connectivity index (χ3v) is 3.25. The van der Waals surface area contributed by atoms with Gasteiger partial charge in [-0.15, -0.1) is 0 Å². The summed E-state index contributed by atoms with van der Waals surface area (Å²) in [5.41, 5.74) is -0.330. The Morgan fingerprint density at radius 1 is 1.45 bits per heavy atom. The fourth-order valence-electron chi connectivity index (χ4n) is 2.33. The van der Waals surface area contributed by atoms with Crippen LogP contribution in [0.4, 0.5) is 0 Å². The van der Waals surface area contributed by atoms with Gasteiger partial charge in [0.25, 0.3) is 5.91 Å². The number of likely N-dealkylation sites (tertiary alicyclic amines) is 1. The van der Waals surface area contributed by atoms with E-state index in [4.69, 9.17) is 5.11 Å². The molecule has 2 rings (SSSR count). The second-order valence-corrected chi connectivity index (χ2v) is 4.55. The number of carboxylic acids is 1. The second kappa shape index (κ2) is 5.32. The third kappa shape index (κ3) is 2.36. The number of esters is 1. The lowest BCUT2D eigenvalue weighted by atomic mass is 10.2. The van der Waals surface area contributed by atoms with Crippen molar-refractivity contribution in [2.24, 2.45) is 7.05 Å². The van der Waals surface area contributed by atoms with E-state index in [1.54, 1.807) is 0 Å². The van der Waals surface area contributed by atoms with Crippen molar-refractivity contribution in [1.29, 1.82) is 0 Å². The number of hydrogen-bond acceptors (Lipinski definition) is 5. The number of aryl methyl sites for hydroxylation is 1. The summed E-state index contributed by atoms with van der Waals surface area (Å²) in [7, 11) is 2.79. The summed E-state index contributed by atoms with van der Waals surface area (Å²) in [4.78, 5) is 36.5. The molecule has 0 aromatic carbocycles. The SMILES string of the molecule is COC(=O)C1CCCN1C(=O)c1nn(C)cc1C(=O)O. The zero-order chi connectivity index (χ0) is 14.9. The highest BCUT2D eigenvalue weighted by Gasteiger charge is 2.37. The highest BCUT2D eigenvalue weighted by Crippen LogP contribution is 2.22. The van der Waals surface area contributed by atoms with Gasteiger partial charge in [0, 0.05) is 19.8 Å². The molecule has 2 heterocycles. The Labute approximate surface area is 114 Å². The highest BCUT2D eigenvalue weighted by atomic mass is 16.5. The molecule has 0 bridgehead atoms. The van der Waals surface area contributed by atoms with Crippen molar-refractivity contribution in [2.45, 2.75) is 18.9 Å². The van der Waals surface area contributed by atoms with Gasteiger partial charge in [-0.3, -0.25) is 9.48 Å². The van der Waals surface area contributed by atoms with E-state index in [0.717, 1.165) is 0 Å². The Bertz CT molecular complexity index is 565. The minimum atomic E-state index is -1.23. The van der Waals surface area contributed by atoms with Crippen molar-refractivity contribution >= 4 is 17.8 Å². The number of carbonyl (C=O) groups excluding carboxylic acids is 2. The molecule has 8 nitrogen and oxygen atoms in total. The van der Waals surface area contributed by atoms with E-state index in [2.05, 4.69) is 9.84 Å². The van der Waals surface area contributed by atoms with E-state index in [9.17, 15) is 14.4 Å². The van der Waals surface area contributed by atoms with Crippen LogP contribution in [-0.2, 0) is 16.6 Å². The predicted molar refractivity (Wildman–Crippen MR) is 66.2 cm³/mol. The average Bonchev–Trinajstić information content (AvgIpc) is 3.03. The zero-order valence-corrected chi connectivity index (χ0v) is 11.2. The van der Waals surface area contributed by atoms with Crippen LogP contribution in [-0.4, -0.2) is 57.3 Å². The third-order valence-electron chi connectivity index (χ3n) is 3.25. The van der Waals surface area contributed by atoms with Crippen molar-refractivity contribution < 1.29 is 24.2 Å². The lowest BCUT2D eigenvalue weighted by Gasteiger charge is -2.21. The monoisotopic (exact) mass is 281 g/mol. The van der Waals surface area contributed by atoms with Gasteiger partial charge in [0.1, 0.15) is 11.6 Å². The Morgan fingerprint density at radius 2 is 2.15 bits per heavy atom. The average molecular weight is 281 g/mol. The number of nitrogens with zero attached hydrogens (tertiary/aromatic N) is 3. The molecule has 1 aliphatic heterocycles. The molecule has 0 spiro atoms. The lowest BCUT2D eigenvalue weighted by Crippen LogP contribution is -2.41. The Kier molecular flexibility index (Phi) is 3.73. The van der Waals surface area contributed by atoms with Crippen LogP contribution in [0.15, 0.2) is 6.20 Å². The van der Waals surface area contributed by atoms with Crippen molar-refractivity contribution in [1.82, 2.24) is 14.7 Å². The molecular weight excluding hydrogens is 266 g/mol. The number of ether oxygens (including phenoxy) is 1. The van der Waals surface area contributed by atoms with Crippen LogP contribution in [0.5, 0.6) is 0 Å². The molecule has 8 heteroatoms. The summed E-state index contributed by atoms with van der Waals surface area (Å²) in [6.45, 7) is 0.383. The number of rotatable bonds is 3. The standard InChI is InChI=1S/C12H15N3O5/c1-14-6-7(11(17)18)9(13-14)10(16)15-5-3-4-8(15)12(19)20-2/h6,8H,3-5H2,1-2H3,(H,17,18). The Morgan fingerprint density at radius 3 is 2.75 bits per heavy atom. The van der Waals surface area contributed by atoms with Gasteiger partial charge in [-0.2, -0.15) is 5.10 Å². The summed E-state index contributed by atoms with van der Waals surface area (Å²) in [5, 5.41) is 13.0. The molecule has 0 saturated carbocycles. The number of amides is 1. The van der Waals surface area contributed by atoms with Gasteiger partial charge in [0.15, 0.2) is 5.69 Å². The molecule has 1 aromatic rings. The smallest absolute Gasteiger partial charge is 0.339 e. The number of carbonyl (C=O) groups is 3. The fraction of sp³-hybridized carbons (Fsp3) is 0.500. The summed E-state index contributed by atoms with van der Waals surface area (Å²) < 4.78 is 5.92. The number of methoxy groups -OCH3 is 1. The van der Waals surface area contributed by atoms with Gasteiger partial charge >= 0.3 is 11.9 Å². The number of aromatic nitrogens is 2. The van der Waals surface area contributed by atoms with E-state index >= 15 is 0 Å². The van der Waals surface area contributed by atoms with Gasteiger partial charge in [-0.25, -0.2) is 9.59 Å². The van der Waals surface area contributed by atoms with Crippen LogP contribution in [0.3, 0.4) is 0 Å². The molecular formula is C12H15N3O5. The zero-order valence-electron chi connectivity index (χ0n) is 11.2. The number of carboxylic acid groups (broad SMARTS) is 1. The van der Waals surface area contributed by atoms with E-state index in [-0.39, 0.29) is 11.3 Å². The number of hydrogen-bond donors (Lipinski definition) is 1. The summed E-state index contributed by atoms with van der Waals surface area (Å²) >= 11 is 0. The number of aromatic carboxylic acids is 1. The largest absolute Gasteiger partial charge is 0.478 e. The topological polar surface area (TPSA) is 102 Å². The lowest BCUT2D eigenvalue weighted by molar-refractivity contribution is -0.145. The molecule has 1 N–H and O–H groups in total. The van der Waals surface area contributed by atoms with E-state index in [1.165, 1.54) is 29.9 Å². The molecule has 0 aliphatic carbocycles. The van der Waals surface area contributed by atoms with E-state index in [1.807, 2.05) is 0 Å². The summed E-state index contributed by atoms with van der Waals surface area (Å²) in [6.07, 6.45) is 2.44. The van der Waals surface area contributed by atoms with Crippen molar-refractivity contribution in [3.63, 3.8) is 0 Å². The maximum Gasteiger partial charge on any atom is 0.339 e. The minimum absolute atomic E-state index is 0.157. The van der Waals surface area contributed by atoms with E-state index in [0.29, 0.717) is 19.4 Å². The summed E-state index contributed by atoms with van der Waals surface area (Å²) in [5.74, 6) is -2.28. The van der Waals surface area contributed by atoms with Crippen LogP contribution >= 0.6 is 0 Å². The highest BCUT2D eigenvalue weighted by molar-refractivity contribution is 6.04. The maximum absolute atomic E-state index is 12.4. The molecule has 1 aromatic heterocycles. The second-order valence-electron chi connectivity index (χ2n) is 4.55. The van der Waals surface area contributed by atoms with Crippen molar-refractivity contribution in [3.05, 3.63) is 17.5 Å². The van der Waals surface area contributed by atoms with Gasteiger partial charge in [-0.05, 0) is 12.8 Å². The van der Waals surface area contributed by atoms with Crippen LogP contribution in [0.1, 0.15) is 33.7 Å². The van der Waals surface area contributed by atoms with Gasteiger partial charge < -0.3 is 14.7 Å². The van der Waals surface area contributed by atoms with Crippen LogP contribution in [0.2, 0.25) is 0 Å². The normalized spacial score (nSPS) is 18.1. The van der Waals surface area contributed by atoms with Crippen LogP contribution in [0.25, 0.3) is 0 Å². The molecule has 0 radical (unpaired) electrons. The Balaban J connectivity index is 2.31. The molecule has 1 unspecified atom stereocenters. The first kappa shape index (κ1) is 14.0. The van der Waals surface area contributed by atoms with Crippen LogP contribution in [0, 0.1) is 0 Å². The quantitative estimate of drug-likeness (QED) is 0.776. The first-order chi connectivity index (χ1) is 9.45. The fourth-order valence-corrected chi connectivity index (χ4v) is 2.33. The van der Waals surface area contributed by atoms with Crippen LogP contribution < -0.4 is 0 Å². The van der Waals surface area contributed by atoms with Gasteiger partial charge in [-0.1, -0.05) is 0 Å². The Hall–Kier alpha value is -2.38. The van der Waals surface area contributed by atoms with Gasteiger partial charge in [0.05, 0.1) is 7.11 Å².